The number of benzene rings is 2. The number of rotatable bonds is 10. The number of nitrogens with one attached hydrogen (secondary N) is 4. The molecule has 2 aliphatic heterocycles. The summed E-state index contributed by atoms with van der Waals surface area (Å²) in [6.07, 6.45) is -1.00. The SMILES string of the molecule is NC(=O)C1CCN(CCNC(=O)c2ccc(NCC#Cc3cc4c(NC5CCNCC5)cccc4n3CC(F)(F)F)cc2)CC1. The van der Waals surface area contributed by atoms with E-state index in [1.165, 1.54) is 4.57 Å². The molecule has 1 aromatic heterocycles. The minimum absolute atomic E-state index is 0.0605. The summed E-state index contributed by atoms with van der Waals surface area (Å²) in [6, 6.07) is 14.3. The van der Waals surface area contributed by atoms with E-state index in [0.717, 1.165) is 68.6 Å². The fourth-order valence-electron chi connectivity index (χ4n) is 5.94. The maximum Gasteiger partial charge on any atom is 0.406 e. The third-order valence-electron chi connectivity index (χ3n) is 8.43. The number of piperidine rings is 2. The van der Waals surface area contributed by atoms with Crippen LogP contribution in [0.4, 0.5) is 24.5 Å². The smallest absolute Gasteiger partial charge is 0.382 e. The fraction of sp³-hybridized carbons (Fsp3) is 0.455. The third-order valence-corrected chi connectivity index (χ3v) is 8.43. The number of aromatic nitrogens is 1. The number of carbonyl (C=O) groups is 2. The largest absolute Gasteiger partial charge is 0.406 e. The van der Waals surface area contributed by atoms with E-state index in [2.05, 4.69) is 38.0 Å². The fourth-order valence-corrected chi connectivity index (χ4v) is 5.94. The highest BCUT2D eigenvalue weighted by Crippen LogP contribution is 2.31. The summed E-state index contributed by atoms with van der Waals surface area (Å²) in [7, 11) is 0. The molecule has 0 atom stereocenters. The van der Waals surface area contributed by atoms with Crippen molar-refractivity contribution in [3.8, 4) is 11.8 Å². The third kappa shape index (κ3) is 8.93. The molecule has 5 rings (SSSR count). The van der Waals surface area contributed by atoms with Crippen LogP contribution in [-0.2, 0) is 11.3 Å². The lowest BCUT2D eigenvalue weighted by Gasteiger charge is -2.30. The summed E-state index contributed by atoms with van der Waals surface area (Å²) >= 11 is 0. The first-order valence-electron chi connectivity index (χ1n) is 15.5. The van der Waals surface area contributed by atoms with E-state index < -0.39 is 12.7 Å². The van der Waals surface area contributed by atoms with Crippen molar-refractivity contribution in [3.63, 3.8) is 0 Å². The second-order valence-corrected chi connectivity index (χ2v) is 11.6. The molecule has 0 unspecified atom stereocenters. The number of carbonyl (C=O) groups excluding carboxylic acids is 2. The predicted molar refractivity (Wildman–Crippen MR) is 170 cm³/mol. The first-order chi connectivity index (χ1) is 21.7. The van der Waals surface area contributed by atoms with Crippen molar-refractivity contribution < 1.29 is 22.8 Å². The number of alkyl halides is 3. The zero-order chi connectivity index (χ0) is 31.8. The van der Waals surface area contributed by atoms with Gasteiger partial charge >= 0.3 is 6.18 Å². The Kier molecular flexibility index (Phi) is 10.5. The molecule has 240 valence electrons. The molecule has 2 fully saturated rings. The first-order valence-corrected chi connectivity index (χ1v) is 15.5. The van der Waals surface area contributed by atoms with Gasteiger partial charge in [-0.25, -0.2) is 0 Å². The van der Waals surface area contributed by atoms with Crippen LogP contribution in [0.1, 0.15) is 41.7 Å². The zero-order valence-corrected chi connectivity index (χ0v) is 25.2. The lowest BCUT2D eigenvalue weighted by Crippen LogP contribution is -2.42. The summed E-state index contributed by atoms with van der Waals surface area (Å²) < 4.78 is 41.9. The molecular formula is C33H40F3N7O2. The van der Waals surface area contributed by atoms with Gasteiger partial charge in [0, 0.05) is 47.4 Å². The normalized spacial score (nSPS) is 16.6. The van der Waals surface area contributed by atoms with E-state index in [-0.39, 0.29) is 30.3 Å². The van der Waals surface area contributed by atoms with Crippen molar-refractivity contribution in [1.82, 2.24) is 20.1 Å². The van der Waals surface area contributed by atoms with E-state index in [0.29, 0.717) is 29.9 Å². The number of anilines is 2. The van der Waals surface area contributed by atoms with Crippen molar-refractivity contribution in [2.24, 2.45) is 11.7 Å². The average molecular weight is 624 g/mol. The lowest BCUT2D eigenvalue weighted by atomic mass is 9.96. The minimum atomic E-state index is -4.39. The maximum absolute atomic E-state index is 13.5. The molecule has 3 aromatic rings. The topological polar surface area (TPSA) is 116 Å². The van der Waals surface area contributed by atoms with Gasteiger partial charge in [-0.2, -0.15) is 13.2 Å². The molecule has 45 heavy (non-hydrogen) atoms. The van der Waals surface area contributed by atoms with E-state index in [4.69, 9.17) is 5.73 Å². The molecule has 0 aliphatic carbocycles. The van der Waals surface area contributed by atoms with Gasteiger partial charge in [-0.05, 0) is 100 Å². The molecule has 9 nitrogen and oxygen atoms in total. The van der Waals surface area contributed by atoms with Crippen molar-refractivity contribution >= 4 is 34.1 Å². The monoisotopic (exact) mass is 623 g/mol. The molecule has 2 saturated heterocycles. The molecule has 12 heteroatoms. The predicted octanol–water partition coefficient (Wildman–Crippen LogP) is 3.76. The summed E-state index contributed by atoms with van der Waals surface area (Å²) in [5, 5.41) is 13.6. The Morgan fingerprint density at radius 3 is 2.44 bits per heavy atom. The molecule has 3 heterocycles. The minimum Gasteiger partial charge on any atom is -0.382 e. The Labute approximate surface area is 261 Å². The van der Waals surface area contributed by atoms with Gasteiger partial charge in [-0.3, -0.25) is 9.59 Å². The molecule has 0 saturated carbocycles. The van der Waals surface area contributed by atoms with Crippen LogP contribution in [0.3, 0.4) is 0 Å². The Morgan fingerprint density at radius 1 is 1.02 bits per heavy atom. The summed E-state index contributed by atoms with van der Waals surface area (Å²) in [5.74, 6) is 5.41. The zero-order valence-electron chi connectivity index (χ0n) is 25.2. The van der Waals surface area contributed by atoms with Crippen LogP contribution in [0.5, 0.6) is 0 Å². The van der Waals surface area contributed by atoms with Crippen molar-refractivity contribution in [1.29, 1.82) is 0 Å². The molecule has 2 aliphatic rings. The molecule has 2 amide bonds. The first kappa shape index (κ1) is 32.2. The number of nitrogens with zero attached hydrogens (tertiary/aromatic N) is 2. The van der Waals surface area contributed by atoms with E-state index >= 15 is 0 Å². The number of hydrogen-bond acceptors (Lipinski definition) is 6. The number of halogens is 3. The number of likely N-dealkylation sites (tertiary alicyclic amines) is 1. The Bertz CT molecular complexity index is 1530. The second kappa shape index (κ2) is 14.7. The highest BCUT2D eigenvalue weighted by atomic mass is 19.4. The van der Waals surface area contributed by atoms with Gasteiger partial charge in [0.15, 0.2) is 0 Å². The van der Waals surface area contributed by atoms with Gasteiger partial charge in [0.25, 0.3) is 5.91 Å². The molecule has 0 spiro atoms. The van der Waals surface area contributed by atoms with Gasteiger partial charge in [0.05, 0.1) is 17.8 Å². The average Bonchev–Trinajstić information content (AvgIpc) is 3.37. The summed E-state index contributed by atoms with van der Waals surface area (Å²) in [6.45, 7) is 3.67. The number of hydrogen-bond donors (Lipinski definition) is 5. The van der Waals surface area contributed by atoms with Gasteiger partial charge in [-0.1, -0.05) is 12.0 Å². The number of nitrogens with two attached hydrogens (primary N) is 1. The van der Waals surface area contributed by atoms with Crippen LogP contribution >= 0.6 is 0 Å². The Morgan fingerprint density at radius 2 is 1.76 bits per heavy atom. The molecule has 0 radical (unpaired) electrons. The number of amides is 2. The Balaban J connectivity index is 1.16. The highest BCUT2D eigenvalue weighted by molar-refractivity contribution is 5.95. The van der Waals surface area contributed by atoms with E-state index in [1.54, 1.807) is 42.5 Å². The maximum atomic E-state index is 13.5. The summed E-state index contributed by atoms with van der Waals surface area (Å²) in [5.41, 5.74) is 8.25. The standard InChI is InChI=1S/C33H40F3N7O2/c34-33(35,36)22-43-27(21-28-29(4-1-5-30(28)43)41-26-10-15-38-16-11-26)3-2-14-39-25-8-6-24(7-9-25)32(45)40-17-20-42-18-12-23(13-19-42)31(37)44/h1,4-9,21,23,26,38-39,41H,10-20,22H2,(H2,37,44)(H,40,45). The van der Waals surface area contributed by atoms with Crippen molar-refractivity contribution in [3.05, 3.63) is 59.8 Å². The quantitative estimate of drug-likeness (QED) is 0.220. The number of primary amides is 1. The van der Waals surface area contributed by atoms with E-state index in [9.17, 15) is 22.8 Å². The van der Waals surface area contributed by atoms with Gasteiger partial charge < -0.3 is 36.5 Å². The summed E-state index contributed by atoms with van der Waals surface area (Å²) in [4.78, 5) is 26.1. The van der Waals surface area contributed by atoms with Crippen LogP contribution in [0.15, 0.2) is 48.5 Å². The van der Waals surface area contributed by atoms with Crippen LogP contribution in [-0.4, -0.2) is 79.3 Å². The molecular weight excluding hydrogens is 583 g/mol. The van der Waals surface area contributed by atoms with Crippen LogP contribution < -0.4 is 27.0 Å². The van der Waals surface area contributed by atoms with Crippen LogP contribution in [0.25, 0.3) is 10.9 Å². The number of fused-ring (bicyclic) bond motifs is 1. The van der Waals surface area contributed by atoms with Crippen LogP contribution in [0, 0.1) is 17.8 Å². The molecule has 2 aromatic carbocycles. The lowest BCUT2D eigenvalue weighted by molar-refractivity contribution is -0.140. The van der Waals surface area contributed by atoms with Crippen LogP contribution in [0.2, 0.25) is 0 Å². The second-order valence-electron chi connectivity index (χ2n) is 11.6. The molecule has 0 bridgehead atoms. The van der Waals surface area contributed by atoms with E-state index in [1.807, 2.05) is 6.07 Å². The van der Waals surface area contributed by atoms with Crippen molar-refractivity contribution in [2.75, 3.05) is 56.4 Å². The highest BCUT2D eigenvalue weighted by Gasteiger charge is 2.30. The van der Waals surface area contributed by atoms with Gasteiger partial charge in [-0.15, -0.1) is 0 Å². The van der Waals surface area contributed by atoms with Gasteiger partial charge in [0.1, 0.15) is 6.54 Å². The van der Waals surface area contributed by atoms with Gasteiger partial charge in [0.2, 0.25) is 5.91 Å². The molecule has 6 N–H and O–H groups in total. The van der Waals surface area contributed by atoms with Crippen molar-refractivity contribution in [2.45, 2.75) is 44.4 Å². The Hall–Kier alpha value is -4.21.